The highest BCUT2D eigenvalue weighted by Gasteiger charge is 2.13. The Balaban J connectivity index is 1.79. The Hall–Kier alpha value is -2.82. The SMILES string of the molecule is CC(/C=C\c1ccco1)=NNC(=O)COc1ccc(C(C)(C)C)cc1. The number of nitrogens with zero attached hydrogens (tertiary/aromatic N) is 1. The first-order valence-electron chi connectivity index (χ1n) is 8.12. The summed E-state index contributed by atoms with van der Waals surface area (Å²) in [5, 5.41) is 3.99. The van der Waals surface area contributed by atoms with Crippen molar-refractivity contribution in [3.8, 4) is 5.75 Å². The van der Waals surface area contributed by atoms with Crippen LogP contribution in [-0.4, -0.2) is 18.2 Å². The van der Waals surface area contributed by atoms with Crippen molar-refractivity contribution in [3.05, 3.63) is 60.1 Å². The number of hydrogen-bond acceptors (Lipinski definition) is 4. The van der Waals surface area contributed by atoms with Crippen molar-refractivity contribution >= 4 is 17.7 Å². The summed E-state index contributed by atoms with van der Waals surface area (Å²) in [6.45, 7) is 8.14. The lowest BCUT2D eigenvalue weighted by molar-refractivity contribution is -0.123. The van der Waals surface area contributed by atoms with Crippen LogP contribution < -0.4 is 10.2 Å². The molecule has 0 spiro atoms. The molecule has 0 aliphatic rings. The molecule has 1 heterocycles. The van der Waals surface area contributed by atoms with Gasteiger partial charge in [0.15, 0.2) is 6.61 Å². The minimum atomic E-state index is -0.314. The molecule has 2 rings (SSSR count). The number of ether oxygens (including phenoxy) is 1. The third-order valence-corrected chi connectivity index (χ3v) is 3.48. The number of carbonyl (C=O) groups excluding carboxylic acids is 1. The molecule has 0 saturated carbocycles. The molecule has 0 radical (unpaired) electrons. The Morgan fingerprint density at radius 1 is 1.24 bits per heavy atom. The van der Waals surface area contributed by atoms with Gasteiger partial charge < -0.3 is 9.15 Å². The van der Waals surface area contributed by atoms with Crippen molar-refractivity contribution in [1.82, 2.24) is 5.43 Å². The average Bonchev–Trinajstić information content (AvgIpc) is 3.09. The van der Waals surface area contributed by atoms with Crippen molar-refractivity contribution < 1.29 is 13.9 Å². The van der Waals surface area contributed by atoms with Gasteiger partial charge in [-0.05, 0) is 54.3 Å². The first kappa shape index (κ1) is 18.5. The molecule has 0 unspecified atom stereocenters. The molecule has 1 aromatic heterocycles. The Morgan fingerprint density at radius 3 is 2.56 bits per heavy atom. The molecule has 0 saturated heterocycles. The molecule has 0 bridgehead atoms. The van der Waals surface area contributed by atoms with Gasteiger partial charge in [0.1, 0.15) is 11.5 Å². The highest BCUT2D eigenvalue weighted by atomic mass is 16.5. The van der Waals surface area contributed by atoms with Crippen LogP contribution in [0.25, 0.3) is 6.08 Å². The minimum Gasteiger partial charge on any atom is -0.484 e. The molecule has 0 aliphatic carbocycles. The maximum Gasteiger partial charge on any atom is 0.277 e. The highest BCUT2D eigenvalue weighted by Crippen LogP contribution is 2.24. The highest BCUT2D eigenvalue weighted by molar-refractivity contribution is 5.96. The maximum absolute atomic E-state index is 11.8. The Bertz CT molecular complexity index is 736. The lowest BCUT2D eigenvalue weighted by Crippen LogP contribution is -2.25. The minimum absolute atomic E-state index is 0.0886. The van der Waals surface area contributed by atoms with Crippen molar-refractivity contribution in [2.24, 2.45) is 5.10 Å². The molecule has 0 aliphatic heterocycles. The normalized spacial score (nSPS) is 12.4. The molecule has 0 fully saturated rings. The van der Waals surface area contributed by atoms with E-state index in [4.69, 9.17) is 9.15 Å². The zero-order chi connectivity index (χ0) is 18.3. The molecule has 1 aromatic carbocycles. The van der Waals surface area contributed by atoms with Crippen molar-refractivity contribution in [2.75, 3.05) is 6.61 Å². The summed E-state index contributed by atoms with van der Waals surface area (Å²) in [6, 6.07) is 11.4. The lowest BCUT2D eigenvalue weighted by Gasteiger charge is -2.19. The summed E-state index contributed by atoms with van der Waals surface area (Å²) in [5.74, 6) is 1.06. The van der Waals surface area contributed by atoms with Crippen molar-refractivity contribution in [2.45, 2.75) is 33.1 Å². The van der Waals surface area contributed by atoms with Gasteiger partial charge in [-0.15, -0.1) is 0 Å². The van der Waals surface area contributed by atoms with Gasteiger partial charge >= 0.3 is 0 Å². The molecule has 132 valence electrons. The van der Waals surface area contributed by atoms with Crippen LogP contribution >= 0.6 is 0 Å². The summed E-state index contributed by atoms with van der Waals surface area (Å²) in [6.07, 6.45) is 5.13. The number of nitrogens with one attached hydrogen (secondary N) is 1. The van der Waals surface area contributed by atoms with Crippen molar-refractivity contribution in [1.29, 1.82) is 0 Å². The van der Waals surface area contributed by atoms with Gasteiger partial charge in [-0.1, -0.05) is 32.9 Å². The average molecular weight is 340 g/mol. The van der Waals surface area contributed by atoms with Gasteiger partial charge in [0, 0.05) is 0 Å². The van der Waals surface area contributed by atoms with E-state index in [9.17, 15) is 4.79 Å². The van der Waals surface area contributed by atoms with Crippen LogP contribution in [0.15, 0.2) is 58.3 Å². The van der Waals surface area contributed by atoms with Gasteiger partial charge in [0.05, 0.1) is 12.0 Å². The van der Waals surface area contributed by atoms with E-state index in [1.807, 2.05) is 30.3 Å². The van der Waals surface area contributed by atoms with Crippen LogP contribution in [0.3, 0.4) is 0 Å². The summed E-state index contributed by atoms with van der Waals surface area (Å²) in [7, 11) is 0. The predicted octanol–water partition coefficient (Wildman–Crippen LogP) is 4.16. The number of rotatable bonds is 6. The number of hydrazone groups is 1. The third kappa shape index (κ3) is 6.30. The predicted molar refractivity (Wildman–Crippen MR) is 99.6 cm³/mol. The summed E-state index contributed by atoms with van der Waals surface area (Å²) < 4.78 is 10.6. The number of benzene rings is 1. The monoisotopic (exact) mass is 340 g/mol. The largest absolute Gasteiger partial charge is 0.484 e. The molecular weight excluding hydrogens is 316 g/mol. The van der Waals surface area contributed by atoms with E-state index >= 15 is 0 Å². The fourth-order valence-electron chi connectivity index (χ4n) is 2.01. The zero-order valence-corrected chi connectivity index (χ0v) is 15.1. The smallest absolute Gasteiger partial charge is 0.277 e. The second-order valence-electron chi connectivity index (χ2n) is 6.70. The van der Waals surface area contributed by atoms with Gasteiger partial charge in [0.25, 0.3) is 5.91 Å². The van der Waals surface area contributed by atoms with E-state index in [0.29, 0.717) is 11.5 Å². The number of carbonyl (C=O) groups is 1. The quantitative estimate of drug-likeness (QED) is 0.634. The van der Waals surface area contributed by atoms with Gasteiger partial charge in [-0.2, -0.15) is 5.10 Å². The fourth-order valence-corrected chi connectivity index (χ4v) is 2.01. The van der Waals surface area contributed by atoms with Gasteiger partial charge in [-0.25, -0.2) is 5.43 Å². The van der Waals surface area contributed by atoms with E-state index in [1.54, 1.807) is 31.4 Å². The van der Waals surface area contributed by atoms with Gasteiger partial charge in [0.2, 0.25) is 0 Å². The van der Waals surface area contributed by atoms with E-state index in [1.165, 1.54) is 5.56 Å². The number of furan rings is 1. The fraction of sp³-hybridized carbons (Fsp3) is 0.300. The maximum atomic E-state index is 11.8. The van der Waals surface area contributed by atoms with Crippen LogP contribution in [0, 0.1) is 0 Å². The topological polar surface area (TPSA) is 63.8 Å². The van der Waals surface area contributed by atoms with Gasteiger partial charge in [-0.3, -0.25) is 4.79 Å². The number of hydrogen-bond donors (Lipinski definition) is 1. The number of allylic oxidation sites excluding steroid dienone is 1. The zero-order valence-electron chi connectivity index (χ0n) is 15.1. The first-order chi connectivity index (χ1) is 11.8. The molecule has 25 heavy (non-hydrogen) atoms. The summed E-state index contributed by atoms with van der Waals surface area (Å²) >= 11 is 0. The van der Waals surface area contributed by atoms with E-state index in [-0.39, 0.29) is 17.9 Å². The number of amides is 1. The van der Waals surface area contributed by atoms with E-state index in [2.05, 4.69) is 31.3 Å². The molecule has 2 aromatic rings. The summed E-state index contributed by atoms with van der Waals surface area (Å²) in [5.41, 5.74) is 4.42. The van der Waals surface area contributed by atoms with Crippen LogP contribution in [0.5, 0.6) is 5.75 Å². The Morgan fingerprint density at radius 2 is 1.96 bits per heavy atom. The van der Waals surface area contributed by atoms with E-state index in [0.717, 1.165) is 5.76 Å². The molecule has 0 atom stereocenters. The Kier molecular flexibility index (Phi) is 6.17. The molecule has 5 nitrogen and oxygen atoms in total. The Labute approximate surface area is 148 Å². The van der Waals surface area contributed by atoms with Crippen LogP contribution in [-0.2, 0) is 10.2 Å². The molecule has 1 N–H and O–H groups in total. The van der Waals surface area contributed by atoms with Crippen LogP contribution in [0.1, 0.15) is 39.0 Å². The standard InChI is InChI=1S/C20H24N2O3/c1-15(7-10-17-6-5-13-24-17)21-22-19(23)14-25-18-11-8-16(9-12-18)20(2,3)4/h5-13H,14H2,1-4H3,(H,22,23)/b10-7-,21-15?. The third-order valence-electron chi connectivity index (χ3n) is 3.48. The molecular formula is C20H24N2O3. The van der Waals surface area contributed by atoms with E-state index < -0.39 is 0 Å². The summed E-state index contributed by atoms with van der Waals surface area (Å²) in [4.78, 5) is 11.8. The second-order valence-corrected chi connectivity index (χ2v) is 6.70. The lowest BCUT2D eigenvalue weighted by atomic mass is 9.87. The van der Waals surface area contributed by atoms with Crippen LogP contribution in [0.4, 0.5) is 0 Å². The second kappa shape index (κ2) is 8.33. The van der Waals surface area contributed by atoms with Crippen molar-refractivity contribution in [3.63, 3.8) is 0 Å². The molecule has 5 heteroatoms. The molecule has 1 amide bonds. The first-order valence-corrected chi connectivity index (χ1v) is 8.12. The van der Waals surface area contributed by atoms with Crippen LogP contribution in [0.2, 0.25) is 0 Å².